The molecule has 0 aromatic heterocycles. The second-order valence-corrected chi connectivity index (χ2v) is 7.73. The van der Waals surface area contributed by atoms with Crippen molar-refractivity contribution in [3.8, 4) is 0 Å². The van der Waals surface area contributed by atoms with Crippen molar-refractivity contribution in [2.45, 2.75) is 31.7 Å². The van der Waals surface area contributed by atoms with E-state index in [0.29, 0.717) is 11.8 Å². The molecule has 1 saturated carbocycles. The second-order valence-electron chi connectivity index (χ2n) is 7.73. The Bertz CT molecular complexity index is 572. The first-order chi connectivity index (χ1) is 12.1. The fourth-order valence-corrected chi connectivity index (χ4v) is 3.61. The van der Waals surface area contributed by atoms with Gasteiger partial charge in [-0.25, -0.2) is 0 Å². The highest BCUT2D eigenvalue weighted by Crippen LogP contribution is 2.46. The van der Waals surface area contributed by atoms with Gasteiger partial charge >= 0.3 is 0 Å². The van der Waals surface area contributed by atoms with E-state index < -0.39 is 0 Å². The molecule has 6 heteroatoms. The van der Waals surface area contributed by atoms with Crippen LogP contribution < -0.4 is 10.6 Å². The summed E-state index contributed by atoms with van der Waals surface area (Å²) in [6, 6.07) is 10.8. The van der Waals surface area contributed by atoms with Gasteiger partial charge in [0, 0.05) is 38.8 Å². The third-order valence-corrected chi connectivity index (χ3v) is 5.46. The first-order valence-corrected chi connectivity index (χ1v) is 9.42. The van der Waals surface area contributed by atoms with Gasteiger partial charge in [-0.2, -0.15) is 0 Å². The standard InChI is InChI=1S/C20H32N4O.HI/c1-20(2,24-9-11-25-12-10-24)15-23-19(21-3)22-14-17-13-18(17)16-7-5-4-6-8-16;/h4-8,17-18H,9-15H2,1-3H3,(H2,21,22,23);1H. The average molecular weight is 472 g/mol. The number of morpholine rings is 1. The topological polar surface area (TPSA) is 48.9 Å². The number of rotatable bonds is 6. The minimum Gasteiger partial charge on any atom is -0.379 e. The zero-order valence-corrected chi connectivity index (χ0v) is 18.5. The molecule has 26 heavy (non-hydrogen) atoms. The number of guanidine groups is 1. The van der Waals surface area contributed by atoms with Gasteiger partial charge in [0.25, 0.3) is 0 Å². The zero-order chi connectivity index (χ0) is 17.7. The van der Waals surface area contributed by atoms with E-state index in [1.807, 2.05) is 7.05 Å². The highest BCUT2D eigenvalue weighted by atomic mass is 127. The van der Waals surface area contributed by atoms with Crippen LogP contribution in [0.1, 0.15) is 31.7 Å². The molecule has 2 N–H and O–H groups in total. The average Bonchev–Trinajstić information content (AvgIpc) is 3.43. The van der Waals surface area contributed by atoms with E-state index in [2.05, 4.69) is 64.7 Å². The van der Waals surface area contributed by atoms with Gasteiger partial charge in [-0.1, -0.05) is 30.3 Å². The summed E-state index contributed by atoms with van der Waals surface area (Å²) in [6.07, 6.45) is 1.27. The molecular formula is C20H33IN4O. The molecule has 1 aliphatic carbocycles. The van der Waals surface area contributed by atoms with Crippen molar-refractivity contribution in [1.82, 2.24) is 15.5 Å². The van der Waals surface area contributed by atoms with Crippen LogP contribution in [0, 0.1) is 5.92 Å². The van der Waals surface area contributed by atoms with Crippen molar-refractivity contribution >= 4 is 29.9 Å². The lowest BCUT2D eigenvalue weighted by atomic mass is 10.0. The number of halogens is 1. The number of hydrogen-bond acceptors (Lipinski definition) is 3. The number of hydrogen-bond donors (Lipinski definition) is 2. The third kappa shape index (κ3) is 5.82. The molecular weight excluding hydrogens is 439 g/mol. The van der Waals surface area contributed by atoms with Crippen LogP contribution in [0.3, 0.4) is 0 Å². The lowest BCUT2D eigenvalue weighted by Gasteiger charge is -2.41. The van der Waals surface area contributed by atoms with Crippen molar-refractivity contribution in [2.75, 3.05) is 46.4 Å². The smallest absolute Gasteiger partial charge is 0.191 e. The van der Waals surface area contributed by atoms with E-state index in [-0.39, 0.29) is 29.5 Å². The fraction of sp³-hybridized carbons (Fsp3) is 0.650. The van der Waals surface area contributed by atoms with Gasteiger partial charge < -0.3 is 15.4 Å². The van der Waals surface area contributed by atoms with Crippen LogP contribution in [0.4, 0.5) is 0 Å². The summed E-state index contributed by atoms with van der Waals surface area (Å²) in [6.45, 7) is 10.1. The van der Waals surface area contributed by atoms with E-state index in [0.717, 1.165) is 45.4 Å². The first kappa shape index (κ1) is 21.4. The van der Waals surface area contributed by atoms with Crippen LogP contribution in [0.15, 0.2) is 35.3 Å². The van der Waals surface area contributed by atoms with Crippen LogP contribution in [0.2, 0.25) is 0 Å². The third-order valence-electron chi connectivity index (χ3n) is 5.46. The highest BCUT2D eigenvalue weighted by Gasteiger charge is 2.38. The summed E-state index contributed by atoms with van der Waals surface area (Å²) in [5, 5.41) is 7.00. The Labute approximate surface area is 175 Å². The Morgan fingerprint density at radius 2 is 1.88 bits per heavy atom. The predicted molar refractivity (Wildman–Crippen MR) is 119 cm³/mol. The van der Waals surface area contributed by atoms with Crippen LogP contribution in [0.25, 0.3) is 0 Å². The minimum absolute atomic E-state index is 0. The van der Waals surface area contributed by atoms with Crippen molar-refractivity contribution in [3.05, 3.63) is 35.9 Å². The number of nitrogens with zero attached hydrogens (tertiary/aromatic N) is 2. The van der Waals surface area contributed by atoms with Crippen LogP contribution in [-0.4, -0.2) is 62.8 Å². The lowest BCUT2D eigenvalue weighted by molar-refractivity contribution is -0.00834. The Kier molecular flexibility index (Phi) is 8.16. The van der Waals surface area contributed by atoms with E-state index in [1.165, 1.54) is 12.0 Å². The zero-order valence-electron chi connectivity index (χ0n) is 16.2. The largest absolute Gasteiger partial charge is 0.379 e. The van der Waals surface area contributed by atoms with Gasteiger partial charge in [-0.05, 0) is 37.7 Å². The normalized spacial score (nSPS) is 23.9. The van der Waals surface area contributed by atoms with Crippen molar-refractivity contribution in [1.29, 1.82) is 0 Å². The molecule has 2 atom stereocenters. The SMILES string of the molecule is CN=C(NCC1CC1c1ccccc1)NCC(C)(C)N1CCOCC1.I. The molecule has 3 rings (SSSR count). The number of nitrogens with one attached hydrogen (secondary N) is 2. The van der Waals surface area contributed by atoms with Crippen molar-refractivity contribution < 1.29 is 4.74 Å². The Morgan fingerprint density at radius 3 is 2.54 bits per heavy atom. The molecule has 5 nitrogen and oxygen atoms in total. The first-order valence-electron chi connectivity index (χ1n) is 9.42. The van der Waals surface area contributed by atoms with E-state index >= 15 is 0 Å². The molecule has 2 aliphatic rings. The Morgan fingerprint density at radius 1 is 1.19 bits per heavy atom. The van der Waals surface area contributed by atoms with Crippen LogP contribution in [-0.2, 0) is 4.74 Å². The van der Waals surface area contributed by atoms with Gasteiger partial charge in [-0.15, -0.1) is 24.0 Å². The molecule has 0 spiro atoms. The summed E-state index contributed by atoms with van der Waals surface area (Å²) in [5.74, 6) is 2.32. The molecule has 1 aromatic carbocycles. The van der Waals surface area contributed by atoms with Crippen LogP contribution >= 0.6 is 24.0 Å². The van der Waals surface area contributed by atoms with E-state index in [9.17, 15) is 0 Å². The molecule has 1 aliphatic heterocycles. The van der Waals surface area contributed by atoms with Gasteiger partial charge in [-0.3, -0.25) is 9.89 Å². The summed E-state index contributed by atoms with van der Waals surface area (Å²) in [4.78, 5) is 6.87. The molecule has 2 unspecified atom stereocenters. The number of aliphatic imine (C=N–C) groups is 1. The summed E-state index contributed by atoms with van der Waals surface area (Å²) in [5.41, 5.74) is 1.55. The van der Waals surface area contributed by atoms with Gasteiger partial charge in [0.05, 0.1) is 13.2 Å². The second kappa shape index (κ2) is 9.90. The van der Waals surface area contributed by atoms with Gasteiger partial charge in [0.15, 0.2) is 5.96 Å². The fourth-order valence-electron chi connectivity index (χ4n) is 3.61. The number of benzene rings is 1. The highest BCUT2D eigenvalue weighted by molar-refractivity contribution is 14.0. The molecule has 146 valence electrons. The summed E-state index contributed by atoms with van der Waals surface area (Å²) >= 11 is 0. The Hall–Kier alpha value is -0.860. The molecule has 1 aromatic rings. The monoisotopic (exact) mass is 472 g/mol. The quantitative estimate of drug-likeness (QED) is 0.380. The molecule has 2 fully saturated rings. The summed E-state index contributed by atoms with van der Waals surface area (Å²) < 4.78 is 5.46. The van der Waals surface area contributed by atoms with Crippen LogP contribution in [0.5, 0.6) is 0 Å². The maximum absolute atomic E-state index is 5.46. The summed E-state index contributed by atoms with van der Waals surface area (Å²) in [7, 11) is 1.85. The molecule has 1 heterocycles. The van der Waals surface area contributed by atoms with Crippen molar-refractivity contribution in [2.24, 2.45) is 10.9 Å². The number of ether oxygens (including phenoxy) is 1. The molecule has 1 saturated heterocycles. The van der Waals surface area contributed by atoms with Crippen molar-refractivity contribution in [3.63, 3.8) is 0 Å². The van der Waals surface area contributed by atoms with Gasteiger partial charge in [0.2, 0.25) is 0 Å². The minimum atomic E-state index is 0. The molecule has 0 radical (unpaired) electrons. The maximum Gasteiger partial charge on any atom is 0.191 e. The molecule has 0 bridgehead atoms. The molecule has 0 amide bonds. The van der Waals surface area contributed by atoms with E-state index in [4.69, 9.17) is 4.74 Å². The maximum atomic E-state index is 5.46. The van der Waals surface area contributed by atoms with Gasteiger partial charge in [0.1, 0.15) is 0 Å². The van der Waals surface area contributed by atoms with E-state index in [1.54, 1.807) is 0 Å². The Balaban J connectivity index is 0.00000243. The lowest BCUT2D eigenvalue weighted by Crippen LogP contribution is -2.56. The predicted octanol–water partition coefficient (Wildman–Crippen LogP) is 2.68.